The van der Waals surface area contributed by atoms with Gasteiger partial charge in [-0.2, -0.15) is 0 Å². The maximum absolute atomic E-state index is 11.8. The fraction of sp³-hybridized carbons (Fsp3) is 0.462. The maximum atomic E-state index is 11.8. The second kappa shape index (κ2) is 5.12. The molecule has 0 atom stereocenters. The molecule has 1 aromatic carbocycles. The number of aliphatic hydroxyl groups is 1. The Balaban J connectivity index is 2.73. The van der Waals surface area contributed by atoms with Gasteiger partial charge in [-0.15, -0.1) is 0 Å². The van der Waals surface area contributed by atoms with Gasteiger partial charge in [-0.25, -0.2) is 0 Å². The highest BCUT2D eigenvalue weighted by Gasteiger charge is 2.19. The van der Waals surface area contributed by atoms with E-state index in [4.69, 9.17) is 5.11 Å². The monoisotopic (exact) mass is 221 g/mol. The molecule has 0 radical (unpaired) electrons. The van der Waals surface area contributed by atoms with Gasteiger partial charge in [0.15, 0.2) is 0 Å². The van der Waals surface area contributed by atoms with Crippen LogP contribution in [0.15, 0.2) is 24.3 Å². The van der Waals surface area contributed by atoms with Crippen molar-refractivity contribution in [3.8, 4) is 0 Å². The number of carbonyl (C=O) groups excluding carboxylic acids is 1. The summed E-state index contributed by atoms with van der Waals surface area (Å²) in [4.78, 5) is 11.8. The van der Waals surface area contributed by atoms with E-state index in [-0.39, 0.29) is 12.5 Å². The van der Waals surface area contributed by atoms with Crippen LogP contribution in [0.5, 0.6) is 0 Å². The molecule has 1 rings (SSSR count). The number of aryl methyl sites for hydroxylation is 1. The van der Waals surface area contributed by atoms with Crippen LogP contribution >= 0.6 is 0 Å². The molecule has 0 fully saturated rings. The van der Waals surface area contributed by atoms with Crippen LogP contribution in [-0.2, 0) is 6.42 Å². The number of carbonyl (C=O) groups is 1. The molecular weight excluding hydrogens is 202 g/mol. The number of aliphatic hydroxyl groups excluding tert-OH is 1. The van der Waals surface area contributed by atoms with Crippen molar-refractivity contribution in [3.05, 3.63) is 35.4 Å². The van der Waals surface area contributed by atoms with Gasteiger partial charge in [0, 0.05) is 5.56 Å². The summed E-state index contributed by atoms with van der Waals surface area (Å²) < 4.78 is 0. The van der Waals surface area contributed by atoms with Crippen molar-refractivity contribution < 1.29 is 9.90 Å². The molecule has 2 N–H and O–H groups in total. The van der Waals surface area contributed by atoms with Crippen LogP contribution in [0.25, 0.3) is 0 Å². The smallest absolute Gasteiger partial charge is 0.251 e. The van der Waals surface area contributed by atoms with Gasteiger partial charge in [0.1, 0.15) is 0 Å². The summed E-state index contributed by atoms with van der Waals surface area (Å²) in [6.07, 6.45) is 0.962. The SMILES string of the molecule is CCc1ccc(C(=O)NC(C)(C)CO)cc1. The minimum Gasteiger partial charge on any atom is -0.394 e. The summed E-state index contributed by atoms with van der Waals surface area (Å²) in [5.41, 5.74) is 1.25. The summed E-state index contributed by atoms with van der Waals surface area (Å²) in [5, 5.41) is 11.8. The highest BCUT2D eigenvalue weighted by atomic mass is 16.3. The Kier molecular flexibility index (Phi) is 4.07. The van der Waals surface area contributed by atoms with Crippen molar-refractivity contribution >= 4 is 5.91 Å². The molecule has 0 bridgehead atoms. The van der Waals surface area contributed by atoms with E-state index in [1.807, 2.05) is 24.3 Å². The Hall–Kier alpha value is -1.35. The molecule has 0 aliphatic rings. The van der Waals surface area contributed by atoms with E-state index in [1.165, 1.54) is 5.56 Å². The van der Waals surface area contributed by atoms with Gasteiger partial charge in [-0.05, 0) is 38.0 Å². The Morgan fingerprint density at radius 1 is 1.31 bits per heavy atom. The Bertz CT molecular complexity index is 355. The zero-order valence-electron chi connectivity index (χ0n) is 10.1. The maximum Gasteiger partial charge on any atom is 0.251 e. The average molecular weight is 221 g/mol. The van der Waals surface area contributed by atoms with Crippen LogP contribution in [0.3, 0.4) is 0 Å². The first-order valence-electron chi connectivity index (χ1n) is 5.51. The first-order chi connectivity index (χ1) is 7.48. The van der Waals surface area contributed by atoms with Gasteiger partial charge in [0.25, 0.3) is 5.91 Å². The highest BCUT2D eigenvalue weighted by molar-refractivity contribution is 5.94. The summed E-state index contributed by atoms with van der Waals surface area (Å²) in [5.74, 6) is -0.151. The molecule has 0 aliphatic carbocycles. The minimum atomic E-state index is -0.583. The van der Waals surface area contributed by atoms with E-state index in [1.54, 1.807) is 13.8 Å². The fourth-order valence-electron chi connectivity index (χ4n) is 1.31. The molecule has 16 heavy (non-hydrogen) atoms. The van der Waals surface area contributed by atoms with Crippen LogP contribution in [0.2, 0.25) is 0 Å². The first kappa shape index (κ1) is 12.7. The number of amides is 1. The van der Waals surface area contributed by atoms with Crippen molar-refractivity contribution in [2.24, 2.45) is 0 Å². The lowest BCUT2D eigenvalue weighted by Gasteiger charge is -2.23. The van der Waals surface area contributed by atoms with E-state index in [0.717, 1.165) is 6.42 Å². The van der Waals surface area contributed by atoms with Crippen LogP contribution in [0.4, 0.5) is 0 Å². The predicted octanol–water partition coefficient (Wildman–Crippen LogP) is 1.75. The van der Waals surface area contributed by atoms with Crippen LogP contribution in [-0.4, -0.2) is 23.2 Å². The summed E-state index contributed by atoms with van der Waals surface area (Å²) >= 11 is 0. The standard InChI is InChI=1S/C13H19NO2/c1-4-10-5-7-11(8-6-10)12(16)14-13(2,3)9-15/h5-8,15H,4,9H2,1-3H3,(H,14,16). The molecule has 0 unspecified atom stereocenters. The van der Waals surface area contributed by atoms with Crippen LogP contribution in [0.1, 0.15) is 36.7 Å². The fourth-order valence-corrected chi connectivity index (χ4v) is 1.31. The number of benzene rings is 1. The van der Waals surface area contributed by atoms with Gasteiger partial charge in [-0.1, -0.05) is 19.1 Å². The molecule has 0 aliphatic heterocycles. The lowest BCUT2D eigenvalue weighted by molar-refractivity contribution is 0.0869. The van der Waals surface area contributed by atoms with E-state index in [0.29, 0.717) is 5.56 Å². The van der Waals surface area contributed by atoms with Crippen molar-refractivity contribution in [2.75, 3.05) is 6.61 Å². The number of rotatable bonds is 4. The predicted molar refractivity (Wildman–Crippen MR) is 64.5 cm³/mol. The summed E-state index contributed by atoms with van der Waals surface area (Å²) in [7, 11) is 0. The van der Waals surface area contributed by atoms with Crippen molar-refractivity contribution in [2.45, 2.75) is 32.7 Å². The lowest BCUT2D eigenvalue weighted by Crippen LogP contribution is -2.46. The molecule has 0 saturated carbocycles. The second-order valence-corrected chi connectivity index (χ2v) is 4.55. The van der Waals surface area contributed by atoms with Gasteiger partial charge >= 0.3 is 0 Å². The molecule has 0 heterocycles. The first-order valence-corrected chi connectivity index (χ1v) is 5.51. The third kappa shape index (κ3) is 3.35. The van der Waals surface area contributed by atoms with E-state index in [9.17, 15) is 4.79 Å². The molecule has 1 amide bonds. The molecule has 3 nitrogen and oxygen atoms in total. The normalized spacial score (nSPS) is 11.2. The van der Waals surface area contributed by atoms with Crippen molar-refractivity contribution in [1.29, 1.82) is 0 Å². The van der Waals surface area contributed by atoms with E-state index < -0.39 is 5.54 Å². The van der Waals surface area contributed by atoms with Crippen LogP contribution in [0, 0.1) is 0 Å². The molecule has 1 aromatic rings. The van der Waals surface area contributed by atoms with E-state index in [2.05, 4.69) is 12.2 Å². The Morgan fingerprint density at radius 3 is 2.31 bits per heavy atom. The highest BCUT2D eigenvalue weighted by Crippen LogP contribution is 2.07. The molecule has 0 saturated heterocycles. The molecule has 88 valence electrons. The average Bonchev–Trinajstić information content (AvgIpc) is 2.28. The van der Waals surface area contributed by atoms with Gasteiger partial charge < -0.3 is 10.4 Å². The van der Waals surface area contributed by atoms with Crippen LogP contribution < -0.4 is 5.32 Å². The zero-order chi connectivity index (χ0) is 12.2. The number of nitrogens with one attached hydrogen (secondary N) is 1. The van der Waals surface area contributed by atoms with Gasteiger partial charge in [0.05, 0.1) is 12.1 Å². The Morgan fingerprint density at radius 2 is 1.88 bits per heavy atom. The topological polar surface area (TPSA) is 49.3 Å². The third-order valence-corrected chi connectivity index (χ3v) is 2.47. The molecular formula is C13H19NO2. The minimum absolute atomic E-state index is 0.0776. The van der Waals surface area contributed by atoms with Gasteiger partial charge in [0.2, 0.25) is 0 Å². The number of hydrogen-bond donors (Lipinski definition) is 2. The Labute approximate surface area is 96.5 Å². The van der Waals surface area contributed by atoms with Crippen molar-refractivity contribution in [3.63, 3.8) is 0 Å². The van der Waals surface area contributed by atoms with Gasteiger partial charge in [-0.3, -0.25) is 4.79 Å². The zero-order valence-corrected chi connectivity index (χ0v) is 10.1. The third-order valence-electron chi connectivity index (χ3n) is 2.47. The molecule has 0 aromatic heterocycles. The summed E-state index contributed by atoms with van der Waals surface area (Å²) in [6.45, 7) is 5.56. The van der Waals surface area contributed by atoms with E-state index >= 15 is 0 Å². The molecule has 0 spiro atoms. The largest absolute Gasteiger partial charge is 0.394 e. The second-order valence-electron chi connectivity index (χ2n) is 4.55. The summed E-state index contributed by atoms with van der Waals surface area (Å²) in [6, 6.07) is 7.50. The lowest BCUT2D eigenvalue weighted by atomic mass is 10.1. The number of hydrogen-bond acceptors (Lipinski definition) is 2. The van der Waals surface area contributed by atoms with Crippen molar-refractivity contribution in [1.82, 2.24) is 5.32 Å². The quantitative estimate of drug-likeness (QED) is 0.813. The molecule has 3 heteroatoms.